The summed E-state index contributed by atoms with van der Waals surface area (Å²) in [7, 11) is 0. The van der Waals surface area contributed by atoms with E-state index in [2.05, 4.69) is 50.1 Å². The number of hydrogen-bond donors (Lipinski definition) is 0. The first kappa shape index (κ1) is 13.9. The molecule has 0 fully saturated rings. The molecule has 19 heavy (non-hydrogen) atoms. The van der Waals surface area contributed by atoms with E-state index in [0.29, 0.717) is 0 Å². The molecule has 1 aliphatic heterocycles. The van der Waals surface area contributed by atoms with Crippen molar-refractivity contribution in [3.63, 3.8) is 0 Å². The summed E-state index contributed by atoms with van der Waals surface area (Å²) < 4.78 is 7.76. The summed E-state index contributed by atoms with van der Waals surface area (Å²) >= 11 is 15.3. The van der Waals surface area contributed by atoms with E-state index in [1.54, 1.807) is 11.3 Å². The van der Waals surface area contributed by atoms with Crippen molar-refractivity contribution in [2.24, 2.45) is 0 Å². The molecule has 0 saturated carbocycles. The Kier molecular flexibility index (Phi) is 4.22. The second kappa shape index (κ2) is 5.76. The fourth-order valence-corrected chi connectivity index (χ4v) is 4.62. The second-order valence-electron chi connectivity index (χ2n) is 4.45. The van der Waals surface area contributed by atoms with E-state index in [9.17, 15) is 0 Å². The summed E-state index contributed by atoms with van der Waals surface area (Å²) in [5.41, 5.74) is 2.40. The van der Waals surface area contributed by atoms with Gasteiger partial charge >= 0.3 is 0 Å². The number of ether oxygens (including phenoxy) is 1. The highest BCUT2D eigenvalue weighted by atomic mass is 79.9. The van der Waals surface area contributed by atoms with Crippen LogP contribution in [-0.2, 0) is 6.42 Å². The smallest absolute Gasteiger partial charge is 0.122 e. The Labute approximate surface area is 138 Å². The molecule has 0 bridgehead atoms. The van der Waals surface area contributed by atoms with Gasteiger partial charge in [0.2, 0.25) is 0 Å². The minimum absolute atomic E-state index is 0.111. The van der Waals surface area contributed by atoms with Gasteiger partial charge in [0.15, 0.2) is 0 Å². The summed E-state index contributed by atoms with van der Waals surface area (Å²) in [5.74, 6) is 1.01. The molecule has 1 aromatic carbocycles. The van der Waals surface area contributed by atoms with Crippen molar-refractivity contribution in [1.82, 2.24) is 0 Å². The predicted octanol–water partition coefficient (Wildman–Crippen LogP) is 5.93. The Bertz CT molecular complexity index is 592. The molecule has 0 spiro atoms. The number of fused-ring (bicyclic) bond motifs is 1. The Morgan fingerprint density at radius 3 is 2.84 bits per heavy atom. The Morgan fingerprint density at radius 1 is 1.26 bits per heavy atom. The van der Waals surface area contributed by atoms with Gasteiger partial charge in [-0.15, -0.1) is 22.9 Å². The molecule has 0 radical (unpaired) electrons. The maximum atomic E-state index is 6.59. The van der Waals surface area contributed by atoms with E-state index in [-0.39, 0.29) is 5.38 Å². The zero-order valence-electron chi connectivity index (χ0n) is 9.96. The standard InChI is InChI=1S/C14H11Br2ClOS/c15-10-7-12(19-14(10)16)13(17)9-3-4-11-8(6-9)2-1-5-18-11/h3-4,6-7,13H,1-2,5H2. The van der Waals surface area contributed by atoms with Crippen LogP contribution >= 0.6 is 54.8 Å². The van der Waals surface area contributed by atoms with Crippen LogP contribution in [-0.4, -0.2) is 6.61 Å². The fourth-order valence-electron chi connectivity index (χ4n) is 2.19. The third kappa shape index (κ3) is 2.87. The third-order valence-electron chi connectivity index (χ3n) is 3.14. The van der Waals surface area contributed by atoms with Gasteiger partial charge in [-0.25, -0.2) is 0 Å². The molecule has 0 N–H and O–H groups in total. The van der Waals surface area contributed by atoms with Crippen molar-refractivity contribution < 1.29 is 4.74 Å². The van der Waals surface area contributed by atoms with E-state index in [0.717, 1.165) is 43.9 Å². The minimum Gasteiger partial charge on any atom is -0.493 e. The molecule has 0 amide bonds. The zero-order chi connectivity index (χ0) is 13.4. The number of benzene rings is 1. The second-order valence-corrected chi connectivity index (χ2v) is 8.14. The van der Waals surface area contributed by atoms with Gasteiger partial charge in [0.05, 0.1) is 15.8 Å². The van der Waals surface area contributed by atoms with Crippen LogP contribution in [0.2, 0.25) is 0 Å². The number of alkyl halides is 1. The normalized spacial score (nSPS) is 15.7. The first-order valence-electron chi connectivity index (χ1n) is 5.99. The van der Waals surface area contributed by atoms with Crippen LogP contribution in [0.3, 0.4) is 0 Å². The van der Waals surface area contributed by atoms with Crippen molar-refractivity contribution in [1.29, 1.82) is 0 Å². The lowest BCUT2D eigenvalue weighted by molar-refractivity contribution is 0.288. The van der Waals surface area contributed by atoms with Crippen LogP contribution in [0.5, 0.6) is 5.75 Å². The summed E-state index contributed by atoms with van der Waals surface area (Å²) in [5, 5.41) is -0.111. The lowest BCUT2D eigenvalue weighted by Crippen LogP contribution is -2.08. The van der Waals surface area contributed by atoms with Crippen molar-refractivity contribution in [3.05, 3.63) is 48.5 Å². The van der Waals surface area contributed by atoms with Crippen molar-refractivity contribution in [2.75, 3.05) is 6.61 Å². The van der Waals surface area contributed by atoms with Crippen LogP contribution in [0.4, 0.5) is 0 Å². The molecule has 100 valence electrons. The van der Waals surface area contributed by atoms with Gasteiger partial charge < -0.3 is 4.74 Å². The van der Waals surface area contributed by atoms with Gasteiger partial charge in [0.1, 0.15) is 5.75 Å². The molecule has 3 rings (SSSR count). The first-order chi connectivity index (χ1) is 9.15. The maximum absolute atomic E-state index is 6.59. The average molecular weight is 423 g/mol. The van der Waals surface area contributed by atoms with E-state index in [4.69, 9.17) is 16.3 Å². The Balaban J connectivity index is 1.93. The zero-order valence-corrected chi connectivity index (χ0v) is 14.7. The molecule has 0 aliphatic carbocycles. The molecule has 1 atom stereocenters. The monoisotopic (exact) mass is 420 g/mol. The Morgan fingerprint density at radius 2 is 2.11 bits per heavy atom. The van der Waals surface area contributed by atoms with E-state index >= 15 is 0 Å². The van der Waals surface area contributed by atoms with E-state index in [1.165, 1.54) is 5.56 Å². The van der Waals surface area contributed by atoms with E-state index in [1.807, 2.05) is 6.07 Å². The first-order valence-corrected chi connectivity index (χ1v) is 8.83. The number of aryl methyl sites for hydroxylation is 1. The summed E-state index contributed by atoms with van der Waals surface area (Å²) in [6.07, 6.45) is 2.16. The molecule has 1 nitrogen and oxygen atoms in total. The van der Waals surface area contributed by atoms with Crippen LogP contribution in [0.15, 0.2) is 32.5 Å². The molecule has 0 saturated heterocycles. The highest BCUT2D eigenvalue weighted by Gasteiger charge is 2.18. The molecule has 1 unspecified atom stereocenters. The highest BCUT2D eigenvalue weighted by Crippen LogP contribution is 2.41. The minimum atomic E-state index is -0.111. The molecule has 1 aromatic heterocycles. The quantitative estimate of drug-likeness (QED) is 0.546. The lowest BCUT2D eigenvalue weighted by Gasteiger charge is -2.19. The van der Waals surface area contributed by atoms with Crippen molar-refractivity contribution in [3.8, 4) is 5.75 Å². The van der Waals surface area contributed by atoms with Gasteiger partial charge in [-0.2, -0.15) is 0 Å². The largest absolute Gasteiger partial charge is 0.493 e. The third-order valence-corrected chi connectivity index (χ3v) is 7.08. The van der Waals surface area contributed by atoms with Crippen LogP contribution < -0.4 is 4.74 Å². The average Bonchev–Trinajstić information content (AvgIpc) is 2.77. The lowest BCUT2D eigenvalue weighted by atomic mass is 10.0. The number of hydrogen-bond acceptors (Lipinski definition) is 2. The van der Waals surface area contributed by atoms with Crippen molar-refractivity contribution >= 4 is 54.8 Å². The van der Waals surface area contributed by atoms with Gasteiger partial charge in [-0.1, -0.05) is 12.1 Å². The Hall–Kier alpha value is -0.0300. The van der Waals surface area contributed by atoms with Gasteiger partial charge in [-0.3, -0.25) is 0 Å². The summed E-state index contributed by atoms with van der Waals surface area (Å²) in [4.78, 5) is 1.14. The van der Waals surface area contributed by atoms with Gasteiger partial charge in [0.25, 0.3) is 0 Å². The maximum Gasteiger partial charge on any atom is 0.122 e. The SMILES string of the molecule is ClC(c1ccc2c(c1)CCCO2)c1cc(Br)c(Br)s1. The number of rotatable bonds is 2. The molecule has 5 heteroatoms. The predicted molar refractivity (Wildman–Crippen MR) is 87.7 cm³/mol. The van der Waals surface area contributed by atoms with Crippen LogP contribution in [0, 0.1) is 0 Å². The van der Waals surface area contributed by atoms with E-state index < -0.39 is 0 Å². The highest BCUT2D eigenvalue weighted by molar-refractivity contribution is 9.13. The fraction of sp³-hybridized carbons (Fsp3) is 0.286. The molecule has 2 aromatic rings. The van der Waals surface area contributed by atoms with Crippen LogP contribution in [0.1, 0.15) is 27.8 Å². The van der Waals surface area contributed by atoms with Crippen molar-refractivity contribution in [2.45, 2.75) is 18.2 Å². The summed E-state index contributed by atoms with van der Waals surface area (Å²) in [6, 6.07) is 8.34. The number of halogens is 3. The van der Waals surface area contributed by atoms with Gasteiger partial charge in [-0.05, 0) is 68.0 Å². The molecular weight excluding hydrogens is 411 g/mol. The summed E-state index contributed by atoms with van der Waals surface area (Å²) in [6.45, 7) is 0.821. The number of thiophene rings is 1. The molecule has 1 aliphatic rings. The molecular formula is C14H11Br2ClOS. The van der Waals surface area contributed by atoms with Gasteiger partial charge in [0, 0.05) is 9.35 Å². The topological polar surface area (TPSA) is 9.23 Å². The van der Waals surface area contributed by atoms with Crippen LogP contribution in [0.25, 0.3) is 0 Å². The molecule has 2 heterocycles.